The smallest absolute Gasteiger partial charge is 0.461 e. The Kier molecular flexibility index (Phi) is 7.17. The van der Waals surface area contributed by atoms with E-state index in [2.05, 4.69) is 20.4 Å². The maximum Gasteiger partial charge on any atom is 0.516 e. The average molecular weight is 521 g/mol. The topological polar surface area (TPSA) is 126 Å². The minimum absolute atomic E-state index is 0.0557. The minimum Gasteiger partial charge on any atom is -0.461 e. The number of aromatic nitrogens is 2. The number of rotatable bonds is 7. The number of halogens is 3. The SMILES string of the molecule is CCOC(=O)c1nnc(N=Nc2cc3c(cc2NS(=O)(=O)C(F)(F)F)N(CC)CCC3(C)C)s1. The number of alkyl halides is 3. The Morgan fingerprint density at radius 3 is 2.59 bits per heavy atom. The highest BCUT2D eigenvalue weighted by molar-refractivity contribution is 7.93. The number of carbonyl (C=O) groups excluding carboxylic acids is 1. The summed E-state index contributed by atoms with van der Waals surface area (Å²) in [5, 5.41) is 15.0. The molecule has 0 saturated carbocycles. The van der Waals surface area contributed by atoms with E-state index in [0.717, 1.165) is 23.3 Å². The van der Waals surface area contributed by atoms with Gasteiger partial charge < -0.3 is 9.64 Å². The molecular formula is C19H23F3N6O4S2. The molecular weight excluding hydrogens is 497 g/mol. The number of carbonyl (C=O) groups is 1. The summed E-state index contributed by atoms with van der Waals surface area (Å²) in [5.41, 5.74) is -4.98. The maximum absolute atomic E-state index is 13.1. The van der Waals surface area contributed by atoms with Gasteiger partial charge in [-0.15, -0.1) is 20.4 Å². The number of hydrogen-bond donors (Lipinski definition) is 1. The van der Waals surface area contributed by atoms with Crippen LogP contribution in [0.5, 0.6) is 0 Å². The predicted octanol–water partition coefficient (Wildman–Crippen LogP) is 4.90. The van der Waals surface area contributed by atoms with Crippen LogP contribution >= 0.6 is 11.3 Å². The molecule has 0 spiro atoms. The lowest BCUT2D eigenvalue weighted by atomic mass is 9.77. The molecule has 0 unspecified atom stereocenters. The molecule has 0 fully saturated rings. The summed E-state index contributed by atoms with van der Waals surface area (Å²) in [4.78, 5) is 13.7. The number of fused-ring (bicyclic) bond motifs is 1. The van der Waals surface area contributed by atoms with E-state index in [1.165, 1.54) is 12.1 Å². The second-order valence-corrected chi connectivity index (χ2v) is 10.6. The van der Waals surface area contributed by atoms with Crippen LogP contribution in [0.25, 0.3) is 0 Å². The van der Waals surface area contributed by atoms with Crippen LogP contribution in [0.15, 0.2) is 22.4 Å². The van der Waals surface area contributed by atoms with Crippen LogP contribution in [-0.2, 0) is 20.2 Å². The molecule has 3 rings (SSSR count). The number of ether oxygens (including phenoxy) is 1. The van der Waals surface area contributed by atoms with E-state index in [0.29, 0.717) is 18.8 Å². The first kappa shape index (κ1) is 25.8. The van der Waals surface area contributed by atoms with Gasteiger partial charge in [-0.25, -0.2) is 4.79 Å². The maximum atomic E-state index is 13.1. The Balaban J connectivity index is 2.09. The fraction of sp³-hybridized carbons (Fsp3) is 0.526. The number of esters is 1. The lowest BCUT2D eigenvalue weighted by Gasteiger charge is -2.40. The molecule has 0 atom stereocenters. The largest absolute Gasteiger partial charge is 0.516 e. The van der Waals surface area contributed by atoms with E-state index >= 15 is 0 Å². The molecule has 0 saturated heterocycles. The second kappa shape index (κ2) is 9.44. The highest BCUT2D eigenvalue weighted by Gasteiger charge is 2.46. The summed E-state index contributed by atoms with van der Waals surface area (Å²) in [6.07, 6.45) is 0.775. The second-order valence-electron chi connectivity index (χ2n) is 7.96. The number of azo groups is 1. The fourth-order valence-electron chi connectivity index (χ4n) is 3.37. The van der Waals surface area contributed by atoms with Gasteiger partial charge in [-0.3, -0.25) is 4.72 Å². The van der Waals surface area contributed by atoms with Gasteiger partial charge in [0.2, 0.25) is 5.01 Å². The first-order valence-electron chi connectivity index (χ1n) is 10.2. The summed E-state index contributed by atoms with van der Waals surface area (Å²) < 4.78 is 69.3. The molecule has 2 aromatic rings. The van der Waals surface area contributed by atoms with Crippen LogP contribution in [0.1, 0.15) is 49.5 Å². The number of nitrogens with zero attached hydrogens (tertiary/aromatic N) is 5. The molecule has 1 aromatic carbocycles. The molecule has 0 aliphatic carbocycles. The molecule has 1 N–H and O–H groups in total. The molecule has 1 aliphatic rings. The molecule has 15 heteroatoms. The number of nitrogens with one attached hydrogen (secondary N) is 1. The molecule has 186 valence electrons. The van der Waals surface area contributed by atoms with Crippen molar-refractivity contribution >= 4 is 49.5 Å². The summed E-state index contributed by atoms with van der Waals surface area (Å²) in [5.74, 6) is -0.699. The molecule has 0 bridgehead atoms. The molecule has 0 radical (unpaired) electrons. The van der Waals surface area contributed by atoms with Crippen molar-refractivity contribution in [3.05, 3.63) is 22.7 Å². The van der Waals surface area contributed by atoms with Crippen LogP contribution < -0.4 is 9.62 Å². The normalized spacial score (nSPS) is 15.9. The lowest BCUT2D eigenvalue weighted by Crippen LogP contribution is -2.37. The van der Waals surface area contributed by atoms with Crippen LogP contribution in [-0.4, -0.2) is 49.8 Å². The lowest BCUT2D eigenvalue weighted by molar-refractivity contribution is -0.0429. The molecule has 1 aromatic heterocycles. The summed E-state index contributed by atoms with van der Waals surface area (Å²) in [7, 11) is -5.71. The first-order valence-corrected chi connectivity index (χ1v) is 12.5. The van der Waals surface area contributed by atoms with Crippen LogP contribution in [0, 0.1) is 0 Å². The van der Waals surface area contributed by atoms with Gasteiger partial charge in [0.05, 0.1) is 12.3 Å². The van der Waals surface area contributed by atoms with E-state index in [4.69, 9.17) is 4.74 Å². The van der Waals surface area contributed by atoms with Crippen LogP contribution in [0.3, 0.4) is 0 Å². The number of benzene rings is 1. The molecule has 10 nitrogen and oxygen atoms in total. The van der Waals surface area contributed by atoms with Gasteiger partial charge in [0, 0.05) is 18.8 Å². The Hall–Kier alpha value is -2.81. The van der Waals surface area contributed by atoms with Crippen molar-refractivity contribution in [3.8, 4) is 0 Å². The quantitative estimate of drug-likeness (QED) is 0.406. The van der Waals surface area contributed by atoms with E-state index in [1.807, 2.05) is 25.7 Å². The highest BCUT2D eigenvalue weighted by atomic mass is 32.2. The number of sulfonamides is 1. The van der Waals surface area contributed by atoms with Crippen molar-refractivity contribution in [1.29, 1.82) is 0 Å². The van der Waals surface area contributed by atoms with Crippen LogP contribution in [0.4, 0.5) is 35.4 Å². The third-order valence-electron chi connectivity index (χ3n) is 5.23. The fourth-order valence-corrected chi connectivity index (χ4v) is 4.50. The van der Waals surface area contributed by atoms with E-state index < -0.39 is 21.5 Å². The third-order valence-corrected chi connectivity index (χ3v) is 7.11. The van der Waals surface area contributed by atoms with Crippen molar-refractivity contribution in [2.45, 2.75) is 45.0 Å². The van der Waals surface area contributed by atoms with E-state index in [9.17, 15) is 26.4 Å². The van der Waals surface area contributed by atoms with Gasteiger partial charge in [-0.1, -0.05) is 25.2 Å². The number of hydrogen-bond acceptors (Lipinski definition) is 10. The van der Waals surface area contributed by atoms with Gasteiger partial charge in [-0.2, -0.15) is 21.6 Å². The van der Waals surface area contributed by atoms with Gasteiger partial charge in [0.1, 0.15) is 5.69 Å². The zero-order valence-corrected chi connectivity index (χ0v) is 20.4. The Morgan fingerprint density at radius 2 is 1.97 bits per heavy atom. The van der Waals surface area contributed by atoms with E-state index in [-0.39, 0.29) is 33.5 Å². The monoisotopic (exact) mass is 520 g/mol. The van der Waals surface area contributed by atoms with Crippen molar-refractivity contribution in [2.75, 3.05) is 29.3 Å². The summed E-state index contributed by atoms with van der Waals surface area (Å²) in [6.45, 7) is 8.86. The predicted molar refractivity (Wildman–Crippen MR) is 121 cm³/mol. The average Bonchev–Trinajstić information content (AvgIpc) is 3.21. The zero-order chi connectivity index (χ0) is 25.3. The van der Waals surface area contributed by atoms with Gasteiger partial charge in [0.25, 0.3) is 5.13 Å². The molecule has 34 heavy (non-hydrogen) atoms. The highest BCUT2D eigenvalue weighted by Crippen LogP contribution is 2.45. The van der Waals surface area contributed by atoms with Crippen molar-refractivity contribution in [3.63, 3.8) is 0 Å². The van der Waals surface area contributed by atoms with Crippen molar-refractivity contribution < 1.29 is 31.1 Å². The Morgan fingerprint density at radius 1 is 1.26 bits per heavy atom. The Labute approximate surface area is 198 Å². The van der Waals surface area contributed by atoms with Crippen LogP contribution in [0.2, 0.25) is 0 Å². The summed E-state index contributed by atoms with van der Waals surface area (Å²) in [6, 6.07) is 2.85. The zero-order valence-electron chi connectivity index (χ0n) is 18.8. The van der Waals surface area contributed by atoms with Crippen molar-refractivity contribution in [1.82, 2.24) is 10.2 Å². The minimum atomic E-state index is -5.71. The third kappa shape index (κ3) is 5.29. The van der Waals surface area contributed by atoms with E-state index in [1.54, 1.807) is 11.6 Å². The Bertz CT molecular complexity index is 1210. The molecule has 2 heterocycles. The number of anilines is 2. The summed E-state index contributed by atoms with van der Waals surface area (Å²) >= 11 is 0.772. The van der Waals surface area contributed by atoms with Crippen molar-refractivity contribution in [2.24, 2.45) is 10.2 Å². The molecule has 0 amide bonds. The molecule has 1 aliphatic heterocycles. The first-order chi connectivity index (χ1) is 15.8. The standard InChI is InChI=1S/C19H23F3N6O4S2/c1-5-28-8-7-18(3,4)11-9-12(13(10-14(11)28)27-34(30,31)19(20,21)22)23-25-17-26-24-15(33-17)16(29)32-6-2/h9-10,27H,5-8H2,1-4H3. The van der Waals surface area contributed by atoms with Gasteiger partial charge >= 0.3 is 21.5 Å². The van der Waals surface area contributed by atoms with Gasteiger partial charge in [-0.05, 0) is 43.4 Å². The van der Waals surface area contributed by atoms with Gasteiger partial charge in [0.15, 0.2) is 0 Å².